The molecule has 0 atom stereocenters. The number of aromatic hydroxyl groups is 1. The zero-order valence-corrected chi connectivity index (χ0v) is 14.0. The number of aliphatic hydroxyl groups is 1. The molecule has 2 aromatic carbocycles. The summed E-state index contributed by atoms with van der Waals surface area (Å²) in [6.07, 6.45) is 0. The summed E-state index contributed by atoms with van der Waals surface area (Å²) in [6, 6.07) is 16.6. The van der Waals surface area contributed by atoms with Crippen molar-refractivity contribution in [2.24, 2.45) is 0 Å². The van der Waals surface area contributed by atoms with Gasteiger partial charge in [-0.25, -0.2) is 4.98 Å². The second kappa shape index (κ2) is 6.07. The van der Waals surface area contributed by atoms with Crippen LogP contribution in [0, 0.1) is 5.41 Å². The van der Waals surface area contributed by atoms with Gasteiger partial charge in [0.25, 0.3) is 0 Å². The summed E-state index contributed by atoms with van der Waals surface area (Å²) < 4.78 is 0. The van der Waals surface area contributed by atoms with Crippen LogP contribution in [0.5, 0.6) is 5.75 Å². The largest absolute Gasteiger partial charge is 0.510 e. The minimum Gasteiger partial charge on any atom is -0.510 e. The number of phenols is 1. The number of thiazole rings is 1. The first kappa shape index (κ1) is 15.4. The van der Waals surface area contributed by atoms with Crippen molar-refractivity contribution in [1.82, 2.24) is 4.98 Å². The van der Waals surface area contributed by atoms with Gasteiger partial charge in [0.05, 0.1) is 23.5 Å². The number of benzene rings is 2. The average Bonchev–Trinajstić information content (AvgIpc) is 3.21. The van der Waals surface area contributed by atoms with Gasteiger partial charge in [0.2, 0.25) is 0 Å². The normalized spacial score (nSPS) is 14.4. The quantitative estimate of drug-likeness (QED) is 0.659. The molecule has 124 valence electrons. The van der Waals surface area contributed by atoms with E-state index in [2.05, 4.69) is 4.98 Å². The Hall–Kier alpha value is -3.12. The van der Waals surface area contributed by atoms with E-state index in [1.807, 2.05) is 35.7 Å². The van der Waals surface area contributed by atoms with Gasteiger partial charge in [-0.2, -0.15) is 0 Å². The number of hydrogen-bond donors (Lipinski definition) is 3. The first-order valence-corrected chi connectivity index (χ1v) is 8.61. The predicted molar refractivity (Wildman–Crippen MR) is 100 cm³/mol. The minimum absolute atomic E-state index is 0.0745. The number of hydrogen-bond acceptors (Lipinski definition) is 5. The van der Waals surface area contributed by atoms with Gasteiger partial charge in [0, 0.05) is 10.9 Å². The lowest BCUT2D eigenvalue weighted by Gasteiger charge is -2.19. The van der Waals surface area contributed by atoms with E-state index in [9.17, 15) is 10.2 Å². The van der Waals surface area contributed by atoms with Crippen molar-refractivity contribution in [2.45, 2.75) is 0 Å². The van der Waals surface area contributed by atoms with Crippen molar-refractivity contribution in [3.8, 4) is 17.0 Å². The van der Waals surface area contributed by atoms with Gasteiger partial charge in [0.1, 0.15) is 22.4 Å². The van der Waals surface area contributed by atoms with Gasteiger partial charge < -0.3 is 15.1 Å². The van der Waals surface area contributed by atoms with Crippen molar-refractivity contribution in [3.63, 3.8) is 0 Å². The van der Waals surface area contributed by atoms with E-state index in [4.69, 9.17) is 5.41 Å². The van der Waals surface area contributed by atoms with Crippen LogP contribution in [-0.2, 0) is 0 Å². The molecule has 0 radical (unpaired) electrons. The number of rotatable bonds is 3. The molecule has 0 saturated heterocycles. The van der Waals surface area contributed by atoms with Crippen molar-refractivity contribution in [2.75, 3.05) is 11.4 Å². The molecule has 25 heavy (non-hydrogen) atoms. The van der Waals surface area contributed by atoms with Crippen molar-refractivity contribution in [1.29, 1.82) is 5.41 Å². The molecule has 1 aliphatic heterocycles. The second-order valence-corrected chi connectivity index (χ2v) is 6.51. The van der Waals surface area contributed by atoms with Gasteiger partial charge in [-0.3, -0.25) is 5.41 Å². The summed E-state index contributed by atoms with van der Waals surface area (Å²) in [6.45, 7) is 0.145. The van der Waals surface area contributed by atoms with E-state index in [0.717, 1.165) is 11.3 Å². The molecule has 3 aromatic rings. The molecular weight excluding hydrogens is 334 g/mol. The zero-order chi connectivity index (χ0) is 17.4. The van der Waals surface area contributed by atoms with Crippen molar-refractivity contribution < 1.29 is 10.2 Å². The Balaban J connectivity index is 1.68. The predicted octanol–water partition coefficient (Wildman–Crippen LogP) is 4.28. The molecule has 4 rings (SSSR count). The maximum atomic E-state index is 10.4. The first-order chi connectivity index (χ1) is 12.1. The summed E-state index contributed by atoms with van der Waals surface area (Å²) in [5.74, 6) is 0.292. The lowest BCUT2D eigenvalue weighted by Crippen LogP contribution is -2.26. The Labute approximate surface area is 148 Å². The third kappa shape index (κ3) is 2.66. The first-order valence-electron chi connectivity index (χ1n) is 7.73. The highest BCUT2D eigenvalue weighted by Crippen LogP contribution is 2.37. The number of amidine groups is 1. The molecule has 2 heterocycles. The van der Waals surface area contributed by atoms with Crippen molar-refractivity contribution in [3.05, 3.63) is 70.7 Å². The highest BCUT2D eigenvalue weighted by Gasteiger charge is 2.32. The maximum Gasteiger partial charge on any atom is 0.139 e. The zero-order valence-electron chi connectivity index (χ0n) is 13.2. The van der Waals surface area contributed by atoms with Crippen LogP contribution in [0.25, 0.3) is 16.8 Å². The Kier molecular flexibility index (Phi) is 3.74. The van der Waals surface area contributed by atoms with Crippen LogP contribution in [0.2, 0.25) is 0 Å². The lowest BCUT2D eigenvalue weighted by atomic mass is 10.2. The molecule has 0 amide bonds. The Morgan fingerprint density at radius 2 is 1.72 bits per heavy atom. The molecule has 1 aromatic heterocycles. The van der Waals surface area contributed by atoms with Gasteiger partial charge in [-0.1, -0.05) is 42.5 Å². The number of aliphatic hydroxyl groups excluding tert-OH is 1. The summed E-state index contributed by atoms with van der Waals surface area (Å²) >= 11 is 1.39. The number of anilines is 1. The van der Waals surface area contributed by atoms with Crippen LogP contribution in [0.1, 0.15) is 5.01 Å². The molecule has 3 N–H and O–H groups in total. The van der Waals surface area contributed by atoms with E-state index < -0.39 is 0 Å². The lowest BCUT2D eigenvalue weighted by molar-refractivity contribution is 0.411. The van der Waals surface area contributed by atoms with E-state index >= 15 is 0 Å². The van der Waals surface area contributed by atoms with Gasteiger partial charge in [0.15, 0.2) is 0 Å². The van der Waals surface area contributed by atoms with Gasteiger partial charge >= 0.3 is 0 Å². The number of nitrogens with zero attached hydrogens (tertiary/aromatic N) is 2. The average molecular weight is 349 g/mol. The molecule has 0 saturated carbocycles. The Morgan fingerprint density at radius 1 is 1.00 bits per heavy atom. The fourth-order valence-electron chi connectivity index (χ4n) is 2.83. The van der Waals surface area contributed by atoms with E-state index in [-0.39, 0.29) is 23.9 Å². The second-order valence-electron chi connectivity index (χ2n) is 5.65. The summed E-state index contributed by atoms with van der Waals surface area (Å²) in [5.41, 5.74) is 2.71. The summed E-state index contributed by atoms with van der Waals surface area (Å²) in [4.78, 5) is 6.16. The fourth-order valence-corrected chi connectivity index (χ4v) is 3.73. The molecule has 0 aliphatic carbocycles. The molecule has 0 spiro atoms. The SMILES string of the molecule is N=C1C(c2nc(-c3ccccc3)cs2)=C(O)CN1c1ccccc1O. The minimum atomic E-state index is 0.0745. The number of para-hydroxylation sites is 2. The summed E-state index contributed by atoms with van der Waals surface area (Å²) in [5, 5.41) is 31.4. The standard InChI is InChI=1S/C19H15N3O2S/c20-18-17(16(24)10-22(18)14-8-4-5-9-15(14)23)19-21-13(11-25-19)12-6-2-1-3-7-12/h1-9,11,20,23-24H,10H2. The van der Waals surface area contributed by atoms with Gasteiger partial charge in [-0.15, -0.1) is 11.3 Å². The van der Waals surface area contributed by atoms with Crippen LogP contribution >= 0.6 is 11.3 Å². The molecule has 0 bridgehead atoms. The van der Waals surface area contributed by atoms with E-state index in [1.54, 1.807) is 29.2 Å². The smallest absolute Gasteiger partial charge is 0.139 e. The third-order valence-corrected chi connectivity index (χ3v) is 4.92. The molecule has 0 unspecified atom stereocenters. The number of phenolic OH excluding ortho intramolecular Hbond substituents is 1. The topological polar surface area (TPSA) is 80.4 Å². The maximum absolute atomic E-state index is 10.4. The molecule has 5 nitrogen and oxygen atoms in total. The van der Waals surface area contributed by atoms with Crippen LogP contribution in [0.15, 0.2) is 65.7 Å². The van der Waals surface area contributed by atoms with E-state index in [1.165, 1.54) is 11.3 Å². The van der Waals surface area contributed by atoms with Crippen LogP contribution in [0.4, 0.5) is 5.69 Å². The summed E-state index contributed by atoms with van der Waals surface area (Å²) in [7, 11) is 0. The third-order valence-electron chi connectivity index (χ3n) is 4.06. The molecule has 1 aliphatic rings. The highest BCUT2D eigenvalue weighted by atomic mass is 32.1. The monoisotopic (exact) mass is 349 g/mol. The van der Waals surface area contributed by atoms with Crippen LogP contribution in [0.3, 0.4) is 0 Å². The number of aromatic nitrogens is 1. The Morgan fingerprint density at radius 3 is 2.48 bits per heavy atom. The van der Waals surface area contributed by atoms with Crippen molar-refractivity contribution >= 4 is 28.4 Å². The van der Waals surface area contributed by atoms with Crippen LogP contribution < -0.4 is 4.90 Å². The molecular formula is C19H15N3O2S. The van der Waals surface area contributed by atoms with Crippen LogP contribution in [-0.4, -0.2) is 27.6 Å². The Bertz CT molecular complexity index is 979. The molecule has 0 fully saturated rings. The fraction of sp³-hybridized carbons (Fsp3) is 0.0526. The molecule has 6 heteroatoms. The number of nitrogens with one attached hydrogen (secondary N) is 1. The van der Waals surface area contributed by atoms with E-state index in [0.29, 0.717) is 16.3 Å². The highest BCUT2D eigenvalue weighted by molar-refractivity contribution is 7.11. The van der Waals surface area contributed by atoms with Gasteiger partial charge in [-0.05, 0) is 12.1 Å².